The molecule has 5 heterocycles. The van der Waals surface area contributed by atoms with Crippen LogP contribution in [0.25, 0.3) is 28.3 Å². The fourth-order valence-corrected chi connectivity index (χ4v) is 5.19. The Labute approximate surface area is 200 Å². The molecular formula is C26H33N7O. The van der Waals surface area contributed by atoms with Crippen molar-refractivity contribution in [2.45, 2.75) is 52.4 Å². The van der Waals surface area contributed by atoms with Crippen molar-refractivity contribution >= 4 is 5.65 Å². The molecule has 34 heavy (non-hydrogen) atoms. The van der Waals surface area contributed by atoms with Crippen LogP contribution in [0.5, 0.6) is 5.75 Å². The topological polar surface area (TPSA) is 84.2 Å². The van der Waals surface area contributed by atoms with Gasteiger partial charge in [-0.25, -0.2) is 9.50 Å². The lowest BCUT2D eigenvalue weighted by molar-refractivity contribution is 0.222. The Morgan fingerprint density at radius 2 is 1.97 bits per heavy atom. The van der Waals surface area contributed by atoms with E-state index in [9.17, 15) is 0 Å². The van der Waals surface area contributed by atoms with Crippen LogP contribution in [0, 0.1) is 6.92 Å². The Morgan fingerprint density at radius 1 is 1.18 bits per heavy atom. The van der Waals surface area contributed by atoms with Gasteiger partial charge in [-0.15, -0.1) is 0 Å². The normalized spacial score (nSPS) is 15.5. The fraction of sp³-hybridized carbons (Fsp3) is 0.462. The number of aromatic amines is 1. The van der Waals surface area contributed by atoms with Crippen molar-refractivity contribution in [1.82, 2.24) is 34.7 Å². The van der Waals surface area contributed by atoms with E-state index >= 15 is 0 Å². The standard InChI is InChI=1S/C26H33N7O/c1-6-32-9-7-18(8-10-32)20-13-27-21(11-17(20)4)25-23(16(2)3)24(30-31-25)19-12-22(34-5)26-28-15-29-33(26)14-19/h11-16,18H,6-10H2,1-5H3,(H,30,31). The van der Waals surface area contributed by atoms with Crippen LogP contribution in [0.2, 0.25) is 0 Å². The van der Waals surface area contributed by atoms with Crippen molar-refractivity contribution in [3.05, 3.63) is 47.5 Å². The summed E-state index contributed by atoms with van der Waals surface area (Å²) in [5.41, 5.74) is 8.22. The van der Waals surface area contributed by atoms with E-state index in [0.29, 0.717) is 17.3 Å². The highest BCUT2D eigenvalue weighted by Crippen LogP contribution is 2.38. The molecule has 0 radical (unpaired) electrons. The molecule has 0 saturated carbocycles. The summed E-state index contributed by atoms with van der Waals surface area (Å²) >= 11 is 0. The zero-order valence-electron chi connectivity index (χ0n) is 20.7. The van der Waals surface area contributed by atoms with E-state index in [4.69, 9.17) is 14.8 Å². The number of piperidine rings is 1. The van der Waals surface area contributed by atoms with E-state index in [1.165, 1.54) is 43.4 Å². The highest BCUT2D eigenvalue weighted by Gasteiger charge is 2.24. The summed E-state index contributed by atoms with van der Waals surface area (Å²) in [6, 6.07) is 4.19. The summed E-state index contributed by atoms with van der Waals surface area (Å²) in [7, 11) is 1.65. The minimum absolute atomic E-state index is 0.251. The van der Waals surface area contributed by atoms with Crippen molar-refractivity contribution in [3.63, 3.8) is 0 Å². The number of ether oxygens (including phenoxy) is 1. The van der Waals surface area contributed by atoms with Crippen LogP contribution in [0.1, 0.15) is 62.1 Å². The number of nitrogens with one attached hydrogen (secondary N) is 1. The van der Waals surface area contributed by atoms with Crippen LogP contribution in [0.4, 0.5) is 0 Å². The maximum atomic E-state index is 5.56. The number of likely N-dealkylation sites (tertiary alicyclic amines) is 1. The second-order valence-corrected chi connectivity index (χ2v) is 9.48. The summed E-state index contributed by atoms with van der Waals surface area (Å²) < 4.78 is 7.29. The molecule has 0 aliphatic carbocycles. The highest BCUT2D eigenvalue weighted by molar-refractivity contribution is 5.75. The van der Waals surface area contributed by atoms with E-state index in [0.717, 1.165) is 34.8 Å². The van der Waals surface area contributed by atoms with E-state index in [1.54, 1.807) is 11.6 Å². The summed E-state index contributed by atoms with van der Waals surface area (Å²) in [5.74, 6) is 1.51. The molecular weight excluding hydrogens is 426 g/mol. The lowest BCUT2D eigenvalue weighted by Gasteiger charge is -2.31. The third-order valence-electron chi connectivity index (χ3n) is 7.10. The molecule has 4 aromatic rings. The molecule has 178 valence electrons. The molecule has 0 amide bonds. The lowest BCUT2D eigenvalue weighted by atomic mass is 9.87. The first kappa shape index (κ1) is 22.5. The quantitative estimate of drug-likeness (QED) is 0.445. The molecule has 8 heteroatoms. The predicted molar refractivity (Wildman–Crippen MR) is 133 cm³/mol. The van der Waals surface area contributed by atoms with Gasteiger partial charge in [0.15, 0.2) is 11.4 Å². The molecule has 0 unspecified atom stereocenters. The van der Waals surface area contributed by atoms with Crippen LogP contribution in [-0.2, 0) is 0 Å². The first-order chi connectivity index (χ1) is 16.5. The summed E-state index contributed by atoms with van der Waals surface area (Å²) in [5, 5.41) is 12.3. The van der Waals surface area contributed by atoms with Crippen LogP contribution in [-0.4, -0.2) is 61.4 Å². The number of aromatic nitrogens is 6. The number of hydrogen-bond donors (Lipinski definition) is 1. The van der Waals surface area contributed by atoms with Gasteiger partial charge in [-0.3, -0.25) is 10.1 Å². The Morgan fingerprint density at radius 3 is 2.65 bits per heavy atom. The lowest BCUT2D eigenvalue weighted by Crippen LogP contribution is -2.32. The Hall–Kier alpha value is -3.26. The molecule has 0 bridgehead atoms. The van der Waals surface area contributed by atoms with Crippen molar-refractivity contribution in [3.8, 4) is 28.4 Å². The molecule has 0 atom stereocenters. The second kappa shape index (κ2) is 9.18. The number of methoxy groups -OCH3 is 1. The largest absolute Gasteiger partial charge is 0.493 e. The van der Waals surface area contributed by atoms with Gasteiger partial charge in [0.05, 0.1) is 24.2 Å². The number of nitrogens with zero attached hydrogens (tertiary/aromatic N) is 6. The minimum atomic E-state index is 0.251. The number of H-pyrrole nitrogens is 1. The molecule has 8 nitrogen and oxygen atoms in total. The third-order valence-corrected chi connectivity index (χ3v) is 7.10. The first-order valence-corrected chi connectivity index (χ1v) is 12.1. The Bertz CT molecular complexity index is 1300. The smallest absolute Gasteiger partial charge is 0.197 e. The van der Waals surface area contributed by atoms with Crippen molar-refractivity contribution in [1.29, 1.82) is 0 Å². The highest BCUT2D eigenvalue weighted by atomic mass is 16.5. The van der Waals surface area contributed by atoms with Gasteiger partial charge in [-0.1, -0.05) is 20.8 Å². The fourth-order valence-electron chi connectivity index (χ4n) is 5.19. The molecule has 1 aliphatic rings. The zero-order valence-corrected chi connectivity index (χ0v) is 20.7. The molecule has 0 aromatic carbocycles. The number of rotatable bonds is 6. The maximum Gasteiger partial charge on any atom is 0.197 e. The van der Waals surface area contributed by atoms with Crippen LogP contribution >= 0.6 is 0 Å². The predicted octanol–water partition coefficient (Wildman–Crippen LogP) is 4.82. The summed E-state index contributed by atoms with van der Waals surface area (Å²) in [6.07, 6.45) is 7.97. The van der Waals surface area contributed by atoms with Gasteiger partial charge in [0.25, 0.3) is 0 Å². The van der Waals surface area contributed by atoms with Crippen LogP contribution < -0.4 is 4.74 Å². The van der Waals surface area contributed by atoms with Crippen LogP contribution in [0.15, 0.2) is 30.9 Å². The molecule has 1 N–H and O–H groups in total. The average Bonchev–Trinajstić information content (AvgIpc) is 3.51. The molecule has 4 aromatic heterocycles. The number of pyridine rings is 2. The van der Waals surface area contributed by atoms with E-state index in [1.807, 2.05) is 12.3 Å². The monoisotopic (exact) mass is 459 g/mol. The van der Waals surface area contributed by atoms with Gasteiger partial charge in [-0.05, 0) is 74.5 Å². The minimum Gasteiger partial charge on any atom is -0.493 e. The number of aryl methyl sites for hydroxylation is 1. The summed E-state index contributed by atoms with van der Waals surface area (Å²) in [4.78, 5) is 11.7. The molecule has 5 rings (SSSR count). The van der Waals surface area contributed by atoms with E-state index in [2.05, 4.69) is 60.0 Å². The van der Waals surface area contributed by atoms with Gasteiger partial charge in [0.1, 0.15) is 6.33 Å². The molecule has 1 saturated heterocycles. The average molecular weight is 460 g/mol. The number of fused-ring (bicyclic) bond motifs is 1. The second-order valence-electron chi connectivity index (χ2n) is 9.48. The van der Waals surface area contributed by atoms with Gasteiger partial charge < -0.3 is 9.64 Å². The Kier molecular flexibility index (Phi) is 6.08. The Balaban J connectivity index is 1.52. The van der Waals surface area contributed by atoms with E-state index < -0.39 is 0 Å². The maximum absolute atomic E-state index is 5.56. The van der Waals surface area contributed by atoms with E-state index in [-0.39, 0.29) is 5.92 Å². The van der Waals surface area contributed by atoms with Gasteiger partial charge >= 0.3 is 0 Å². The third kappa shape index (κ3) is 3.96. The van der Waals surface area contributed by atoms with Gasteiger partial charge in [0, 0.05) is 23.5 Å². The molecule has 1 fully saturated rings. The molecule has 0 spiro atoms. The van der Waals surface area contributed by atoms with Gasteiger partial charge in [-0.2, -0.15) is 10.2 Å². The van der Waals surface area contributed by atoms with Crippen molar-refractivity contribution in [2.24, 2.45) is 0 Å². The number of hydrogen-bond acceptors (Lipinski definition) is 6. The van der Waals surface area contributed by atoms with Gasteiger partial charge in [0.2, 0.25) is 0 Å². The van der Waals surface area contributed by atoms with Crippen LogP contribution in [0.3, 0.4) is 0 Å². The molecule has 1 aliphatic heterocycles. The van der Waals surface area contributed by atoms with Crippen molar-refractivity contribution < 1.29 is 4.74 Å². The first-order valence-electron chi connectivity index (χ1n) is 12.1. The summed E-state index contributed by atoms with van der Waals surface area (Å²) in [6.45, 7) is 12.3. The zero-order chi connectivity index (χ0) is 23.8. The van der Waals surface area contributed by atoms with Crippen molar-refractivity contribution in [2.75, 3.05) is 26.7 Å². The SMILES string of the molecule is CCN1CCC(c2cnc(-c3[nH]nc(-c4cc(OC)c5ncnn5c4)c3C(C)C)cc2C)CC1.